The summed E-state index contributed by atoms with van der Waals surface area (Å²) < 4.78 is 10.8. The Hall–Kier alpha value is -0.750. The SMILES string of the molecule is C[P+](=O)c1cccnc1. The number of rotatable bonds is 1. The van der Waals surface area contributed by atoms with Crippen molar-refractivity contribution in [3.8, 4) is 0 Å². The highest BCUT2D eigenvalue weighted by Crippen LogP contribution is 2.10. The molecule has 0 aliphatic heterocycles. The molecule has 1 unspecified atom stereocenters. The smallest absolute Gasteiger partial charge is 0.260 e. The fourth-order valence-corrected chi connectivity index (χ4v) is 1.07. The number of nitrogens with zero attached hydrogens (tertiary/aromatic N) is 1. The van der Waals surface area contributed by atoms with Crippen molar-refractivity contribution in [2.45, 2.75) is 0 Å². The van der Waals surface area contributed by atoms with Gasteiger partial charge in [0.1, 0.15) is 6.66 Å². The highest BCUT2D eigenvalue weighted by atomic mass is 31.1. The molecule has 1 heterocycles. The number of pyridine rings is 1. The molecule has 1 aromatic rings. The molecule has 0 aliphatic carbocycles. The van der Waals surface area contributed by atoms with Gasteiger partial charge < -0.3 is 0 Å². The van der Waals surface area contributed by atoms with Crippen LogP contribution in [0.5, 0.6) is 0 Å². The predicted molar refractivity (Wildman–Crippen MR) is 37.4 cm³/mol. The third kappa shape index (κ3) is 1.58. The average Bonchev–Trinajstić information content (AvgIpc) is 1.90. The Bertz CT molecular complexity index is 210. The average molecular weight is 140 g/mol. The lowest BCUT2D eigenvalue weighted by atomic mass is 10.5. The molecular weight excluding hydrogens is 133 g/mol. The summed E-state index contributed by atoms with van der Waals surface area (Å²) in [5.41, 5.74) is 0. The lowest BCUT2D eigenvalue weighted by molar-refractivity contribution is 0.596. The van der Waals surface area contributed by atoms with Crippen LogP contribution in [0.1, 0.15) is 0 Å². The molecule has 1 aromatic heterocycles. The molecule has 0 aromatic carbocycles. The molecule has 1 atom stereocenters. The van der Waals surface area contributed by atoms with Crippen LogP contribution in [0.2, 0.25) is 0 Å². The van der Waals surface area contributed by atoms with Crippen LogP contribution in [-0.4, -0.2) is 11.6 Å². The van der Waals surface area contributed by atoms with E-state index in [-0.39, 0.29) is 0 Å². The number of hydrogen-bond donors (Lipinski definition) is 0. The summed E-state index contributed by atoms with van der Waals surface area (Å²) in [7, 11) is -1.21. The summed E-state index contributed by atoms with van der Waals surface area (Å²) in [6.45, 7) is 1.67. The fraction of sp³-hybridized carbons (Fsp3) is 0.167. The monoisotopic (exact) mass is 140 g/mol. The molecule has 9 heavy (non-hydrogen) atoms. The van der Waals surface area contributed by atoms with Crippen LogP contribution in [0.4, 0.5) is 0 Å². The highest BCUT2D eigenvalue weighted by molar-refractivity contribution is 7.52. The van der Waals surface area contributed by atoms with E-state index in [0.717, 1.165) is 5.30 Å². The standard InChI is InChI=1S/C6H7NOP/c1-9(8)6-3-2-4-7-5-6/h2-5H,1H3/q+1. The Morgan fingerprint density at radius 1 is 1.67 bits per heavy atom. The Labute approximate surface area is 54.7 Å². The van der Waals surface area contributed by atoms with Crippen LogP contribution in [0.3, 0.4) is 0 Å². The first-order valence-corrected chi connectivity index (χ1v) is 4.32. The van der Waals surface area contributed by atoms with Crippen LogP contribution in [0.25, 0.3) is 0 Å². The topological polar surface area (TPSA) is 30.0 Å². The van der Waals surface area contributed by atoms with Crippen LogP contribution < -0.4 is 5.30 Å². The maximum Gasteiger partial charge on any atom is 0.375 e. The van der Waals surface area contributed by atoms with Gasteiger partial charge in [-0.3, -0.25) is 4.98 Å². The molecule has 0 fully saturated rings. The van der Waals surface area contributed by atoms with Crippen molar-refractivity contribution in [3.63, 3.8) is 0 Å². The summed E-state index contributed by atoms with van der Waals surface area (Å²) >= 11 is 0. The Balaban J connectivity index is 2.98. The maximum absolute atomic E-state index is 10.8. The second-order valence-electron chi connectivity index (χ2n) is 1.71. The van der Waals surface area contributed by atoms with Gasteiger partial charge in [0.2, 0.25) is 5.30 Å². The molecule has 3 heteroatoms. The summed E-state index contributed by atoms with van der Waals surface area (Å²) in [5.74, 6) is 0. The van der Waals surface area contributed by atoms with Gasteiger partial charge in [0, 0.05) is 6.20 Å². The largest absolute Gasteiger partial charge is 0.375 e. The van der Waals surface area contributed by atoms with Gasteiger partial charge in [0.25, 0.3) is 0 Å². The summed E-state index contributed by atoms with van der Waals surface area (Å²) in [4.78, 5) is 3.82. The fourth-order valence-electron chi connectivity index (χ4n) is 0.540. The first-order valence-electron chi connectivity index (χ1n) is 2.61. The van der Waals surface area contributed by atoms with Gasteiger partial charge in [-0.2, -0.15) is 0 Å². The molecule has 1 rings (SSSR count). The van der Waals surface area contributed by atoms with Gasteiger partial charge in [0.15, 0.2) is 0 Å². The first-order chi connectivity index (χ1) is 4.30. The van der Waals surface area contributed by atoms with Crippen molar-refractivity contribution in [1.82, 2.24) is 4.98 Å². The van der Waals surface area contributed by atoms with Crippen LogP contribution >= 0.6 is 7.80 Å². The van der Waals surface area contributed by atoms with Gasteiger partial charge in [-0.05, 0) is 12.1 Å². The molecule has 0 saturated heterocycles. The first kappa shape index (κ1) is 6.37. The number of hydrogen-bond acceptors (Lipinski definition) is 2. The predicted octanol–water partition coefficient (Wildman–Crippen LogP) is 1.16. The second-order valence-corrected chi connectivity index (χ2v) is 3.22. The highest BCUT2D eigenvalue weighted by Gasteiger charge is 2.08. The Kier molecular flexibility index (Phi) is 1.91. The minimum atomic E-state index is -1.21. The zero-order valence-corrected chi connectivity index (χ0v) is 6.01. The van der Waals surface area contributed by atoms with E-state index in [4.69, 9.17) is 0 Å². The van der Waals surface area contributed by atoms with Crippen LogP contribution in [-0.2, 0) is 4.57 Å². The van der Waals surface area contributed by atoms with Crippen molar-refractivity contribution in [3.05, 3.63) is 24.5 Å². The van der Waals surface area contributed by atoms with Crippen molar-refractivity contribution in [1.29, 1.82) is 0 Å². The summed E-state index contributed by atoms with van der Waals surface area (Å²) in [5, 5.41) is 0.813. The van der Waals surface area contributed by atoms with E-state index < -0.39 is 7.80 Å². The quantitative estimate of drug-likeness (QED) is 0.548. The molecule has 0 amide bonds. The van der Waals surface area contributed by atoms with Crippen molar-refractivity contribution in [2.75, 3.05) is 6.66 Å². The lowest BCUT2D eigenvalue weighted by Gasteiger charge is -1.78. The van der Waals surface area contributed by atoms with E-state index in [1.54, 1.807) is 25.1 Å². The Morgan fingerprint density at radius 3 is 2.78 bits per heavy atom. The second kappa shape index (κ2) is 2.70. The van der Waals surface area contributed by atoms with E-state index in [1.807, 2.05) is 6.07 Å². The van der Waals surface area contributed by atoms with E-state index in [0.29, 0.717) is 0 Å². The third-order valence-corrected chi connectivity index (χ3v) is 2.00. The maximum atomic E-state index is 10.8. The van der Waals surface area contributed by atoms with Crippen molar-refractivity contribution in [2.24, 2.45) is 0 Å². The van der Waals surface area contributed by atoms with Gasteiger partial charge in [-0.25, -0.2) is 0 Å². The van der Waals surface area contributed by atoms with Crippen molar-refractivity contribution < 1.29 is 4.57 Å². The lowest BCUT2D eigenvalue weighted by Crippen LogP contribution is -1.93. The number of aromatic nitrogens is 1. The zero-order chi connectivity index (χ0) is 6.69. The molecule has 46 valence electrons. The molecule has 0 saturated carbocycles. The molecular formula is C6H7NOP+. The minimum Gasteiger partial charge on any atom is -0.260 e. The molecule has 0 bridgehead atoms. The van der Waals surface area contributed by atoms with Gasteiger partial charge in [-0.1, -0.05) is 4.57 Å². The summed E-state index contributed by atoms with van der Waals surface area (Å²) in [6.07, 6.45) is 3.29. The molecule has 0 N–H and O–H groups in total. The Morgan fingerprint density at radius 2 is 2.44 bits per heavy atom. The molecule has 0 aliphatic rings. The summed E-state index contributed by atoms with van der Waals surface area (Å²) in [6, 6.07) is 3.60. The third-order valence-electron chi connectivity index (χ3n) is 1.01. The van der Waals surface area contributed by atoms with Crippen LogP contribution in [0, 0.1) is 0 Å². The van der Waals surface area contributed by atoms with E-state index >= 15 is 0 Å². The van der Waals surface area contributed by atoms with Gasteiger partial charge >= 0.3 is 7.80 Å². The molecule has 0 radical (unpaired) electrons. The van der Waals surface area contributed by atoms with Crippen LogP contribution in [0.15, 0.2) is 24.5 Å². The van der Waals surface area contributed by atoms with Gasteiger partial charge in [-0.15, -0.1) is 0 Å². The van der Waals surface area contributed by atoms with E-state index in [9.17, 15) is 4.57 Å². The van der Waals surface area contributed by atoms with E-state index in [1.165, 1.54) is 0 Å². The minimum absolute atomic E-state index is 0.813. The van der Waals surface area contributed by atoms with E-state index in [2.05, 4.69) is 4.98 Å². The molecule has 0 spiro atoms. The van der Waals surface area contributed by atoms with Crippen molar-refractivity contribution >= 4 is 13.1 Å². The normalized spacial score (nSPS) is 11.0. The van der Waals surface area contributed by atoms with Gasteiger partial charge in [0.05, 0.1) is 6.20 Å². The molecule has 2 nitrogen and oxygen atoms in total. The zero-order valence-electron chi connectivity index (χ0n) is 5.11.